The summed E-state index contributed by atoms with van der Waals surface area (Å²) in [6.45, 7) is 8.47. The van der Waals surface area contributed by atoms with Crippen LogP contribution in [0.15, 0.2) is 18.2 Å². The van der Waals surface area contributed by atoms with Gasteiger partial charge >= 0.3 is 0 Å². The van der Waals surface area contributed by atoms with E-state index in [1.54, 1.807) is 4.68 Å². The van der Waals surface area contributed by atoms with E-state index in [9.17, 15) is 0 Å². The first-order valence-corrected chi connectivity index (χ1v) is 7.29. The van der Waals surface area contributed by atoms with Crippen molar-refractivity contribution >= 4 is 5.69 Å². The summed E-state index contributed by atoms with van der Waals surface area (Å²) in [6, 6.07) is 5.89. The zero-order valence-electron chi connectivity index (χ0n) is 12.9. The molecule has 0 aliphatic heterocycles. The average molecular weight is 289 g/mol. The predicted molar refractivity (Wildman–Crippen MR) is 82.7 cm³/mol. The Hall–Kier alpha value is -1.95. The van der Waals surface area contributed by atoms with E-state index in [2.05, 4.69) is 29.4 Å². The SMILES string of the molecule is Cc1cccc(-c2nnnn2CCCOCC(C)C)c1N. The maximum absolute atomic E-state index is 6.12. The Bertz CT molecular complexity index is 579. The van der Waals surface area contributed by atoms with Crippen molar-refractivity contribution in [3.8, 4) is 11.4 Å². The van der Waals surface area contributed by atoms with Crippen LogP contribution >= 0.6 is 0 Å². The van der Waals surface area contributed by atoms with E-state index < -0.39 is 0 Å². The third kappa shape index (κ3) is 4.01. The van der Waals surface area contributed by atoms with E-state index in [0.717, 1.165) is 29.8 Å². The summed E-state index contributed by atoms with van der Waals surface area (Å²) in [5.41, 5.74) is 8.75. The molecular weight excluding hydrogens is 266 g/mol. The zero-order valence-corrected chi connectivity index (χ0v) is 12.9. The van der Waals surface area contributed by atoms with E-state index in [-0.39, 0.29) is 0 Å². The van der Waals surface area contributed by atoms with Crippen LogP contribution in [0, 0.1) is 12.8 Å². The monoisotopic (exact) mass is 289 g/mol. The van der Waals surface area contributed by atoms with Crippen LogP contribution in [-0.2, 0) is 11.3 Å². The van der Waals surface area contributed by atoms with Crippen LogP contribution in [0.4, 0.5) is 5.69 Å². The molecule has 0 atom stereocenters. The molecule has 0 unspecified atom stereocenters. The van der Waals surface area contributed by atoms with Gasteiger partial charge in [-0.15, -0.1) is 5.10 Å². The summed E-state index contributed by atoms with van der Waals surface area (Å²) in [5.74, 6) is 1.26. The largest absolute Gasteiger partial charge is 0.398 e. The molecule has 0 aliphatic rings. The lowest BCUT2D eigenvalue weighted by Gasteiger charge is -2.09. The Morgan fingerprint density at radius 2 is 2.14 bits per heavy atom. The minimum Gasteiger partial charge on any atom is -0.398 e. The zero-order chi connectivity index (χ0) is 15.2. The number of hydrogen-bond donors (Lipinski definition) is 1. The van der Waals surface area contributed by atoms with Crippen molar-refractivity contribution in [3.05, 3.63) is 23.8 Å². The second-order valence-corrected chi connectivity index (χ2v) is 5.58. The molecule has 0 saturated carbocycles. The highest BCUT2D eigenvalue weighted by molar-refractivity contribution is 5.73. The number of para-hydroxylation sites is 1. The highest BCUT2D eigenvalue weighted by atomic mass is 16.5. The van der Waals surface area contributed by atoms with Crippen molar-refractivity contribution in [3.63, 3.8) is 0 Å². The van der Waals surface area contributed by atoms with Crippen LogP contribution in [0.2, 0.25) is 0 Å². The van der Waals surface area contributed by atoms with Crippen molar-refractivity contribution in [2.45, 2.75) is 33.7 Å². The molecule has 0 aliphatic carbocycles. The molecule has 1 heterocycles. The molecule has 6 nitrogen and oxygen atoms in total. The van der Waals surface area contributed by atoms with Gasteiger partial charge in [-0.1, -0.05) is 26.0 Å². The summed E-state index contributed by atoms with van der Waals surface area (Å²) in [7, 11) is 0. The van der Waals surface area contributed by atoms with Gasteiger partial charge in [0.15, 0.2) is 5.82 Å². The number of ether oxygens (including phenoxy) is 1. The smallest absolute Gasteiger partial charge is 0.184 e. The van der Waals surface area contributed by atoms with Crippen LogP contribution in [0.5, 0.6) is 0 Å². The highest BCUT2D eigenvalue weighted by Gasteiger charge is 2.12. The fourth-order valence-corrected chi connectivity index (χ4v) is 2.06. The van der Waals surface area contributed by atoms with Crippen molar-refractivity contribution in [1.29, 1.82) is 0 Å². The van der Waals surface area contributed by atoms with E-state index in [4.69, 9.17) is 10.5 Å². The van der Waals surface area contributed by atoms with Gasteiger partial charge in [0.25, 0.3) is 0 Å². The summed E-state index contributed by atoms with van der Waals surface area (Å²) in [6.07, 6.45) is 0.872. The number of anilines is 1. The van der Waals surface area contributed by atoms with Gasteiger partial charge in [0.2, 0.25) is 0 Å². The molecule has 6 heteroatoms. The summed E-state index contributed by atoms with van der Waals surface area (Å²) in [4.78, 5) is 0. The lowest BCUT2D eigenvalue weighted by molar-refractivity contribution is 0.105. The Balaban J connectivity index is 2.00. The van der Waals surface area contributed by atoms with Crippen LogP contribution < -0.4 is 5.73 Å². The number of rotatable bonds is 7. The van der Waals surface area contributed by atoms with Gasteiger partial charge in [0.05, 0.1) is 0 Å². The van der Waals surface area contributed by atoms with Gasteiger partial charge in [0.1, 0.15) is 0 Å². The number of aromatic nitrogens is 4. The second kappa shape index (κ2) is 7.17. The molecule has 1 aromatic carbocycles. The topological polar surface area (TPSA) is 78.8 Å². The molecule has 0 bridgehead atoms. The maximum Gasteiger partial charge on any atom is 0.184 e. The molecule has 0 radical (unpaired) electrons. The minimum atomic E-state index is 0.556. The Kier molecular flexibility index (Phi) is 5.27. The molecule has 2 N–H and O–H groups in total. The molecule has 2 aromatic rings. The number of nitrogens with zero attached hydrogens (tertiary/aromatic N) is 4. The van der Waals surface area contributed by atoms with Crippen molar-refractivity contribution in [2.75, 3.05) is 18.9 Å². The standard InChI is InChI=1S/C15H23N5O/c1-11(2)10-21-9-5-8-20-15(17-18-19-20)13-7-4-6-12(3)14(13)16/h4,6-7,11H,5,8-10,16H2,1-3H3. The fraction of sp³-hybridized carbons (Fsp3) is 0.533. The molecule has 2 rings (SSSR count). The molecule has 1 aromatic heterocycles. The molecule has 21 heavy (non-hydrogen) atoms. The minimum absolute atomic E-state index is 0.556. The van der Waals surface area contributed by atoms with Crippen molar-refractivity contribution in [2.24, 2.45) is 5.92 Å². The fourth-order valence-electron chi connectivity index (χ4n) is 2.06. The number of hydrogen-bond acceptors (Lipinski definition) is 5. The van der Waals surface area contributed by atoms with E-state index in [1.165, 1.54) is 0 Å². The number of benzene rings is 1. The third-order valence-electron chi connectivity index (χ3n) is 3.21. The molecule has 0 spiro atoms. The van der Waals surface area contributed by atoms with E-state index in [1.807, 2.05) is 25.1 Å². The van der Waals surface area contributed by atoms with Gasteiger partial charge in [0, 0.05) is 31.0 Å². The molecule has 0 saturated heterocycles. The van der Waals surface area contributed by atoms with Crippen LogP contribution in [0.1, 0.15) is 25.8 Å². The van der Waals surface area contributed by atoms with Crippen LogP contribution in [-0.4, -0.2) is 33.4 Å². The van der Waals surface area contributed by atoms with Gasteiger partial charge in [-0.05, 0) is 41.3 Å². The predicted octanol–water partition coefficient (Wildman–Crippen LogP) is 2.29. The first-order chi connectivity index (χ1) is 10.1. The molecule has 114 valence electrons. The summed E-state index contributed by atoms with van der Waals surface area (Å²) in [5, 5.41) is 11.9. The Labute approximate surface area is 125 Å². The van der Waals surface area contributed by atoms with Gasteiger partial charge in [-0.3, -0.25) is 0 Å². The number of nitrogens with two attached hydrogens (primary N) is 1. The quantitative estimate of drug-likeness (QED) is 0.625. The number of tetrazole rings is 1. The van der Waals surface area contributed by atoms with Crippen molar-refractivity contribution in [1.82, 2.24) is 20.2 Å². The first kappa shape index (κ1) is 15.4. The molecule has 0 fully saturated rings. The second-order valence-electron chi connectivity index (χ2n) is 5.58. The van der Waals surface area contributed by atoms with Gasteiger partial charge < -0.3 is 10.5 Å². The first-order valence-electron chi connectivity index (χ1n) is 7.29. The lowest BCUT2D eigenvalue weighted by Crippen LogP contribution is -2.09. The molecular formula is C15H23N5O. The highest BCUT2D eigenvalue weighted by Crippen LogP contribution is 2.25. The van der Waals surface area contributed by atoms with Crippen LogP contribution in [0.3, 0.4) is 0 Å². The Morgan fingerprint density at radius 3 is 2.90 bits per heavy atom. The third-order valence-corrected chi connectivity index (χ3v) is 3.21. The van der Waals surface area contributed by atoms with E-state index in [0.29, 0.717) is 24.9 Å². The maximum atomic E-state index is 6.12. The summed E-state index contributed by atoms with van der Waals surface area (Å²) >= 11 is 0. The van der Waals surface area contributed by atoms with Gasteiger partial charge in [-0.25, -0.2) is 4.68 Å². The number of nitrogen functional groups attached to an aromatic ring is 1. The molecule has 0 amide bonds. The summed E-state index contributed by atoms with van der Waals surface area (Å²) < 4.78 is 7.36. The van der Waals surface area contributed by atoms with Crippen molar-refractivity contribution < 1.29 is 4.74 Å². The Morgan fingerprint density at radius 1 is 1.33 bits per heavy atom. The number of aryl methyl sites for hydroxylation is 2. The lowest BCUT2D eigenvalue weighted by atomic mass is 10.1. The average Bonchev–Trinajstić information content (AvgIpc) is 2.89. The van der Waals surface area contributed by atoms with Gasteiger partial charge in [-0.2, -0.15) is 0 Å². The van der Waals surface area contributed by atoms with Crippen LogP contribution in [0.25, 0.3) is 11.4 Å². The van der Waals surface area contributed by atoms with E-state index >= 15 is 0 Å². The normalized spacial score (nSPS) is 11.2.